The van der Waals surface area contributed by atoms with Gasteiger partial charge in [-0.2, -0.15) is 0 Å². The fourth-order valence-corrected chi connectivity index (χ4v) is 1.31. The lowest BCUT2D eigenvalue weighted by Crippen LogP contribution is -2.27. The van der Waals surface area contributed by atoms with Crippen molar-refractivity contribution in [2.75, 3.05) is 0 Å². The Balaban J connectivity index is 3.33. The molecule has 4 nitrogen and oxygen atoms in total. The molecule has 1 aliphatic rings. The van der Waals surface area contributed by atoms with E-state index in [1.165, 1.54) is 0 Å². The number of allylic oxidation sites excluding steroid dienone is 2. The van der Waals surface area contributed by atoms with Gasteiger partial charge in [0.15, 0.2) is 11.5 Å². The largest absolute Gasteiger partial charge is 0.504 e. The Morgan fingerprint density at radius 2 is 1.64 bits per heavy atom. The zero-order valence-electron chi connectivity index (χ0n) is 8.29. The lowest BCUT2D eigenvalue weighted by atomic mass is 9.80. The summed E-state index contributed by atoms with van der Waals surface area (Å²) in [5.74, 6) is -2.60. The summed E-state index contributed by atoms with van der Waals surface area (Å²) in [5.41, 5.74) is -0.707. The second-order valence-corrected chi connectivity index (χ2v) is 4.20. The van der Waals surface area contributed by atoms with Crippen LogP contribution in [0.1, 0.15) is 20.8 Å². The van der Waals surface area contributed by atoms with Gasteiger partial charge in [0, 0.05) is 6.08 Å². The van der Waals surface area contributed by atoms with E-state index in [2.05, 4.69) is 0 Å². The normalized spacial score (nSPS) is 18.6. The van der Waals surface area contributed by atoms with E-state index >= 15 is 0 Å². The summed E-state index contributed by atoms with van der Waals surface area (Å²) in [6.45, 7) is 5.05. The molecule has 0 unspecified atom stereocenters. The minimum absolute atomic E-state index is 0.0394. The molecule has 1 rings (SSSR count). The first-order valence-electron chi connectivity index (χ1n) is 4.18. The van der Waals surface area contributed by atoms with Gasteiger partial charge in [-0.1, -0.05) is 20.8 Å². The molecule has 0 heterocycles. The second kappa shape index (κ2) is 2.97. The first kappa shape index (κ1) is 10.5. The van der Waals surface area contributed by atoms with Crippen molar-refractivity contribution >= 4 is 11.6 Å². The summed E-state index contributed by atoms with van der Waals surface area (Å²) in [7, 11) is 0. The van der Waals surface area contributed by atoms with Crippen LogP contribution < -0.4 is 0 Å². The molecule has 0 radical (unpaired) electrons. The minimum Gasteiger partial charge on any atom is -0.504 e. The molecular formula is C10H12O4. The third kappa shape index (κ3) is 1.55. The average molecular weight is 196 g/mol. The van der Waals surface area contributed by atoms with Crippen LogP contribution in [0.25, 0.3) is 0 Å². The summed E-state index contributed by atoms with van der Waals surface area (Å²) in [6, 6.07) is 0. The molecule has 0 spiro atoms. The maximum Gasteiger partial charge on any atom is 0.227 e. The number of carbonyl (C=O) groups is 2. The number of Topliss-reactive ketones (excluding diaryl/α,β-unsaturated/α-hetero) is 1. The first-order valence-corrected chi connectivity index (χ1v) is 4.18. The van der Waals surface area contributed by atoms with Crippen LogP contribution in [0.4, 0.5) is 0 Å². The van der Waals surface area contributed by atoms with Crippen LogP contribution in [0.5, 0.6) is 0 Å². The van der Waals surface area contributed by atoms with Crippen molar-refractivity contribution < 1.29 is 19.8 Å². The van der Waals surface area contributed by atoms with E-state index in [4.69, 9.17) is 5.11 Å². The van der Waals surface area contributed by atoms with Crippen molar-refractivity contribution in [2.45, 2.75) is 20.8 Å². The summed E-state index contributed by atoms with van der Waals surface area (Å²) < 4.78 is 0. The summed E-state index contributed by atoms with van der Waals surface area (Å²) in [6.07, 6.45) is 0.729. The highest BCUT2D eigenvalue weighted by atomic mass is 16.3. The Kier molecular flexibility index (Phi) is 2.23. The van der Waals surface area contributed by atoms with Crippen molar-refractivity contribution in [1.82, 2.24) is 0 Å². The van der Waals surface area contributed by atoms with E-state index in [-0.39, 0.29) is 5.57 Å². The SMILES string of the molecule is CC(C)(C)C1=C(O)C(=O)C=C(O)C1=O. The molecule has 0 amide bonds. The lowest BCUT2D eigenvalue weighted by molar-refractivity contribution is -0.120. The molecule has 4 heteroatoms. The van der Waals surface area contributed by atoms with Gasteiger partial charge in [-0.3, -0.25) is 9.59 Å². The lowest BCUT2D eigenvalue weighted by Gasteiger charge is -2.24. The van der Waals surface area contributed by atoms with Gasteiger partial charge in [0.1, 0.15) is 0 Å². The van der Waals surface area contributed by atoms with Gasteiger partial charge in [-0.15, -0.1) is 0 Å². The van der Waals surface area contributed by atoms with Gasteiger partial charge in [-0.25, -0.2) is 0 Å². The highest BCUT2D eigenvalue weighted by Gasteiger charge is 2.35. The number of ketones is 2. The highest BCUT2D eigenvalue weighted by Crippen LogP contribution is 2.32. The van der Waals surface area contributed by atoms with Gasteiger partial charge < -0.3 is 10.2 Å². The van der Waals surface area contributed by atoms with Crippen LogP contribution in [0.3, 0.4) is 0 Å². The monoisotopic (exact) mass is 196 g/mol. The zero-order chi connectivity index (χ0) is 11.1. The quantitative estimate of drug-likeness (QED) is 0.575. The Morgan fingerprint density at radius 3 is 2.07 bits per heavy atom. The van der Waals surface area contributed by atoms with Crippen LogP contribution in [0, 0.1) is 5.41 Å². The molecule has 0 atom stereocenters. The molecule has 0 aromatic carbocycles. The fraction of sp³-hybridized carbons (Fsp3) is 0.400. The number of rotatable bonds is 0. The van der Waals surface area contributed by atoms with Crippen molar-refractivity contribution in [1.29, 1.82) is 0 Å². The highest BCUT2D eigenvalue weighted by molar-refractivity contribution is 6.21. The molecule has 0 saturated heterocycles. The molecule has 2 N–H and O–H groups in total. The molecular weight excluding hydrogens is 184 g/mol. The van der Waals surface area contributed by atoms with Gasteiger partial charge in [0.25, 0.3) is 0 Å². The van der Waals surface area contributed by atoms with Gasteiger partial charge in [0.2, 0.25) is 11.6 Å². The maximum absolute atomic E-state index is 11.4. The van der Waals surface area contributed by atoms with Gasteiger partial charge >= 0.3 is 0 Å². The average Bonchev–Trinajstić information content (AvgIpc) is 1.98. The minimum atomic E-state index is -0.730. The Morgan fingerprint density at radius 1 is 1.14 bits per heavy atom. The molecule has 76 valence electrons. The molecule has 0 aromatic heterocycles. The van der Waals surface area contributed by atoms with Crippen LogP contribution in [-0.4, -0.2) is 21.8 Å². The Labute approximate surface area is 81.6 Å². The van der Waals surface area contributed by atoms with Crippen LogP contribution in [0.15, 0.2) is 23.2 Å². The van der Waals surface area contributed by atoms with E-state index in [0.29, 0.717) is 0 Å². The first-order chi connectivity index (χ1) is 6.25. The fourth-order valence-electron chi connectivity index (χ4n) is 1.31. The number of carbonyl (C=O) groups excluding carboxylic acids is 2. The standard InChI is InChI=1S/C10H12O4/c1-10(2,3)7-8(13)5(11)4-6(12)9(7)14/h4,11,14H,1-3H3. The van der Waals surface area contributed by atoms with Crippen molar-refractivity contribution in [3.8, 4) is 0 Å². The molecule has 14 heavy (non-hydrogen) atoms. The second-order valence-electron chi connectivity index (χ2n) is 4.20. The predicted octanol–water partition coefficient (Wildman–Crippen LogP) is 1.44. The summed E-state index contributed by atoms with van der Waals surface area (Å²) in [5, 5.41) is 18.6. The van der Waals surface area contributed by atoms with Crippen LogP contribution >= 0.6 is 0 Å². The van der Waals surface area contributed by atoms with Crippen LogP contribution in [-0.2, 0) is 9.59 Å². The van der Waals surface area contributed by atoms with E-state index in [1.54, 1.807) is 20.8 Å². The third-order valence-electron chi connectivity index (χ3n) is 1.95. The van der Waals surface area contributed by atoms with Crippen molar-refractivity contribution in [2.24, 2.45) is 5.41 Å². The van der Waals surface area contributed by atoms with Crippen molar-refractivity contribution in [3.05, 3.63) is 23.2 Å². The van der Waals surface area contributed by atoms with E-state index in [9.17, 15) is 14.7 Å². The number of aliphatic hydroxyl groups is 2. The number of hydrogen-bond acceptors (Lipinski definition) is 4. The molecule has 1 aliphatic carbocycles. The summed E-state index contributed by atoms with van der Waals surface area (Å²) >= 11 is 0. The predicted molar refractivity (Wildman–Crippen MR) is 49.8 cm³/mol. The van der Waals surface area contributed by atoms with Gasteiger partial charge in [-0.05, 0) is 5.41 Å². The van der Waals surface area contributed by atoms with Crippen molar-refractivity contribution in [3.63, 3.8) is 0 Å². The van der Waals surface area contributed by atoms with E-state index < -0.39 is 28.5 Å². The molecule has 0 bridgehead atoms. The Hall–Kier alpha value is -1.58. The summed E-state index contributed by atoms with van der Waals surface area (Å²) in [4.78, 5) is 22.6. The molecule has 0 saturated carbocycles. The van der Waals surface area contributed by atoms with Crippen LogP contribution in [0.2, 0.25) is 0 Å². The molecule has 0 aliphatic heterocycles. The smallest absolute Gasteiger partial charge is 0.227 e. The number of aliphatic hydroxyl groups excluding tert-OH is 2. The van der Waals surface area contributed by atoms with E-state index in [1.807, 2.05) is 0 Å². The molecule has 0 fully saturated rings. The molecule has 0 aromatic rings. The topological polar surface area (TPSA) is 74.6 Å². The number of hydrogen-bond donors (Lipinski definition) is 2. The van der Waals surface area contributed by atoms with E-state index in [0.717, 1.165) is 6.08 Å². The zero-order valence-corrected chi connectivity index (χ0v) is 8.29. The Bertz CT molecular complexity index is 366. The third-order valence-corrected chi connectivity index (χ3v) is 1.95. The van der Waals surface area contributed by atoms with Gasteiger partial charge in [0.05, 0.1) is 5.57 Å². The maximum atomic E-state index is 11.4.